The van der Waals surface area contributed by atoms with Crippen LogP contribution in [0.4, 0.5) is 0 Å². The van der Waals surface area contributed by atoms with Crippen molar-refractivity contribution < 1.29 is 0 Å². The molecule has 0 unspecified atom stereocenters. The van der Waals surface area contributed by atoms with Crippen LogP contribution in [0, 0.1) is 0 Å². The Kier molecular flexibility index (Phi) is 9.10. The number of hydrogen-bond acceptors (Lipinski definition) is 5. The van der Waals surface area contributed by atoms with E-state index >= 15 is 0 Å². The molecule has 6 nitrogen and oxygen atoms in total. The fourth-order valence-electron chi connectivity index (χ4n) is 11.8. The lowest BCUT2D eigenvalue weighted by atomic mass is 9.98. The number of fused-ring (bicyclic) bond motifs is 14. The lowest BCUT2D eigenvalue weighted by molar-refractivity contribution is 1.01. The van der Waals surface area contributed by atoms with Crippen molar-refractivity contribution in [2.75, 3.05) is 0 Å². The van der Waals surface area contributed by atoms with Crippen LogP contribution in [0.15, 0.2) is 243 Å². The van der Waals surface area contributed by atoms with E-state index in [9.17, 15) is 0 Å². The summed E-state index contributed by atoms with van der Waals surface area (Å²) in [5, 5.41) is 12.5. The summed E-state index contributed by atoms with van der Waals surface area (Å²) in [6, 6.07) is 86.7. The zero-order chi connectivity index (χ0) is 49.1. The van der Waals surface area contributed by atoms with Crippen molar-refractivity contribution in [2.24, 2.45) is 0 Å². The van der Waals surface area contributed by atoms with Crippen LogP contribution in [0.3, 0.4) is 0 Å². The van der Waals surface area contributed by atoms with Gasteiger partial charge in [-0.2, -0.15) is 0 Å². The third kappa shape index (κ3) is 6.38. The van der Waals surface area contributed by atoms with E-state index in [2.05, 4.69) is 252 Å². The maximum atomic E-state index is 5.64. The first-order chi connectivity index (χ1) is 37.2. The third-order valence-electron chi connectivity index (χ3n) is 15.1. The van der Waals surface area contributed by atoms with Gasteiger partial charge in [0, 0.05) is 53.9 Å². The number of hydrogen-bond donors (Lipinski definition) is 0. The minimum absolute atomic E-state index is 0.620. The Morgan fingerprint density at radius 2 is 0.853 bits per heavy atom. The molecular weight excluding hydrogens is 933 g/mol. The van der Waals surface area contributed by atoms with Gasteiger partial charge in [0.25, 0.3) is 0 Å². The van der Waals surface area contributed by atoms with Gasteiger partial charge in [0.1, 0.15) is 0 Å². The van der Waals surface area contributed by atoms with Crippen molar-refractivity contribution in [3.05, 3.63) is 243 Å². The smallest absolute Gasteiger partial charge is 0.235 e. The highest BCUT2D eigenvalue weighted by molar-refractivity contribution is 7.22. The van der Waals surface area contributed by atoms with Gasteiger partial charge >= 0.3 is 0 Å². The molecule has 75 heavy (non-hydrogen) atoms. The van der Waals surface area contributed by atoms with Crippen LogP contribution in [-0.2, 0) is 0 Å². The Hall–Kier alpha value is -9.82. The van der Waals surface area contributed by atoms with Crippen molar-refractivity contribution in [1.82, 2.24) is 29.1 Å². The Balaban J connectivity index is 0.984. The molecule has 16 aromatic rings. The van der Waals surface area contributed by atoms with Gasteiger partial charge in [0.05, 0.1) is 49.2 Å². The maximum Gasteiger partial charge on any atom is 0.235 e. The monoisotopic (exact) mass is 972 g/mol. The van der Waals surface area contributed by atoms with E-state index in [1.807, 2.05) is 0 Å². The van der Waals surface area contributed by atoms with Gasteiger partial charge in [0.15, 0.2) is 0 Å². The molecular formula is C68H40N6S. The number of rotatable bonds is 6. The van der Waals surface area contributed by atoms with Gasteiger partial charge in [-0.3, -0.25) is 9.13 Å². The number of aromatic nitrogens is 6. The van der Waals surface area contributed by atoms with Gasteiger partial charge < -0.3 is 0 Å². The topological polar surface area (TPSA) is 61.4 Å². The molecule has 7 heteroatoms. The largest absolute Gasteiger partial charge is 0.277 e. The molecule has 0 amide bonds. The van der Waals surface area contributed by atoms with E-state index in [0.29, 0.717) is 11.9 Å². The molecule has 0 radical (unpaired) electrons. The molecule has 11 aromatic carbocycles. The van der Waals surface area contributed by atoms with Crippen molar-refractivity contribution in [2.45, 2.75) is 0 Å². The van der Waals surface area contributed by atoms with Gasteiger partial charge in [-0.25, -0.2) is 19.9 Å². The van der Waals surface area contributed by atoms with E-state index in [1.165, 1.54) is 16.2 Å². The number of nitrogens with zero attached hydrogens (tertiary/aromatic N) is 6. The summed E-state index contributed by atoms with van der Waals surface area (Å²) >= 11 is 1.74. The highest BCUT2D eigenvalue weighted by Gasteiger charge is 2.25. The van der Waals surface area contributed by atoms with Gasteiger partial charge in [-0.15, -0.1) is 11.3 Å². The maximum absolute atomic E-state index is 5.64. The first kappa shape index (κ1) is 41.8. The lowest BCUT2D eigenvalue weighted by Gasteiger charge is -2.15. The highest BCUT2D eigenvalue weighted by Crippen LogP contribution is 2.45. The van der Waals surface area contributed by atoms with Crippen LogP contribution >= 0.6 is 11.3 Å². The second-order valence-corrected chi connectivity index (χ2v) is 20.4. The summed E-state index contributed by atoms with van der Waals surface area (Å²) in [6.45, 7) is 0. The molecule has 0 bridgehead atoms. The Morgan fingerprint density at radius 3 is 1.59 bits per heavy atom. The molecule has 5 aromatic heterocycles. The second kappa shape index (κ2) is 16.3. The first-order valence-electron chi connectivity index (χ1n) is 25.3. The van der Waals surface area contributed by atoms with E-state index in [-0.39, 0.29) is 0 Å². The Labute approximate surface area is 433 Å². The molecule has 16 rings (SSSR count). The van der Waals surface area contributed by atoms with Crippen LogP contribution in [0.1, 0.15) is 0 Å². The number of thiophene rings is 1. The lowest BCUT2D eigenvalue weighted by Crippen LogP contribution is -2.04. The second-order valence-electron chi connectivity index (χ2n) is 19.3. The predicted molar refractivity (Wildman–Crippen MR) is 313 cm³/mol. The van der Waals surface area contributed by atoms with E-state index < -0.39 is 0 Å². The summed E-state index contributed by atoms with van der Waals surface area (Å²) < 4.78 is 5.67. The number of benzene rings is 11. The van der Waals surface area contributed by atoms with E-state index in [1.54, 1.807) is 11.3 Å². The molecule has 0 fully saturated rings. The standard InChI is InChI=1S/C68H40N6S/c1-4-20-44(21-5-1)59-40-56-66(75-59)63(46-24-8-3-9-25-46)72-68(70-56)73-57-37-34-47(39-54(57)52-35-31-43-19-12-15-28-50(43)64(52)73)51-29-16-30-53-60-48-26-13-10-18-42(48)33-38-58(60)74(65(51)53)67-69-55-36-32-41-17-11-14-27-49(41)61(55)62(71-67)45-22-6-2-7-23-45/h1-40H. The summed E-state index contributed by atoms with van der Waals surface area (Å²) in [6.07, 6.45) is 0. The van der Waals surface area contributed by atoms with Gasteiger partial charge in [-0.05, 0) is 68.4 Å². The fraction of sp³-hybridized carbons (Fsp3) is 0. The average Bonchev–Trinajstić information content (AvgIpc) is 4.18. The minimum Gasteiger partial charge on any atom is -0.277 e. The third-order valence-corrected chi connectivity index (χ3v) is 16.3. The molecule has 0 saturated carbocycles. The van der Waals surface area contributed by atoms with Gasteiger partial charge in [-0.1, -0.05) is 212 Å². The summed E-state index contributed by atoms with van der Waals surface area (Å²) in [4.78, 5) is 23.4. The van der Waals surface area contributed by atoms with Crippen LogP contribution in [0.5, 0.6) is 0 Å². The van der Waals surface area contributed by atoms with Crippen LogP contribution in [0.25, 0.3) is 153 Å². The molecule has 0 spiro atoms. The van der Waals surface area contributed by atoms with Crippen molar-refractivity contribution in [3.63, 3.8) is 0 Å². The molecule has 0 aliphatic heterocycles. The molecule has 5 heterocycles. The van der Waals surface area contributed by atoms with Crippen molar-refractivity contribution in [1.29, 1.82) is 0 Å². The molecule has 0 saturated heterocycles. The molecule has 0 atom stereocenters. The predicted octanol–water partition coefficient (Wildman–Crippen LogP) is 18.0. The Bertz CT molecular complexity index is 5000. The number of para-hydroxylation sites is 1. The van der Waals surface area contributed by atoms with E-state index in [0.717, 1.165) is 125 Å². The normalized spacial score (nSPS) is 12.0. The summed E-state index contributed by atoms with van der Waals surface area (Å²) in [5.74, 6) is 1.25. The van der Waals surface area contributed by atoms with Crippen molar-refractivity contribution in [3.8, 4) is 56.0 Å². The molecule has 348 valence electrons. The fourth-order valence-corrected chi connectivity index (χ4v) is 12.9. The molecule has 0 aliphatic rings. The van der Waals surface area contributed by atoms with Crippen molar-refractivity contribution >= 4 is 108 Å². The van der Waals surface area contributed by atoms with Gasteiger partial charge in [0.2, 0.25) is 11.9 Å². The van der Waals surface area contributed by atoms with Crippen LogP contribution in [-0.4, -0.2) is 29.1 Å². The Morgan fingerprint density at radius 1 is 0.307 bits per heavy atom. The molecule has 0 N–H and O–H groups in total. The SMILES string of the molecule is c1ccc(-c2cc3nc(-n4c5ccc(-c6cccc7c8c9ccccc9ccc8n(-c8nc(-c9ccccc9)c9c(ccc%10ccccc%109)n8)c67)cc5c5ccc6ccccc6c54)nc(-c4ccccc4)c3s2)cc1. The zero-order valence-corrected chi connectivity index (χ0v) is 41.0. The van der Waals surface area contributed by atoms with E-state index in [4.69, 9.17) is 19.9 Å². The van der Waals surface area contributed by atoms with Crippen LogP contribution < -0.4 is 0 Å². The average molecular weight is 973 g/mol. The van der Waals surface area contributed by atoms with Crippen LogP contribution in [0.2, 0.25) is 0 Å². The first-order valence-corrected chi connectivity index (χ1v) is 26.1. The minimum atomic E-state index is 0.620. The summed E-state index contributed by atoms with van der Waals surface area (Å²) in [7, 11) is 0. The summed E-state index contributed by atoms with van der Waals surface area (Å²) in [5.41, 5.74) is 13.2. The quantitative estimate of drug-likeness (QED) is 0.156. The zero-order valence-electron chi connectivity index (χ0n) is 40.2. The molecule has 0 aliphatic carbocycles. The highest BCUT2D eigenvalue weighted by atomic mass is 32.1.